The molecule has 0 aliphatic heterocycles. The quantitative estimate of drug-likeness (QED) is 0.675. The van der Waals surface area contributed by atoms with Gasteiger partial charge in [-0.3, -0.25) is 0 Å². The van der Waals surface area contributed by atoms with Crippen LogP contribution in [0.15, 0.2) is 35.3 Å². The summed E-state index contributed by atoms with van der Waals surface area (Å²) in [6, 6.07) is 0. The van der Waals surface area contributed by atoms with E-state index in [1.807, 2.05) is 12.2 Å². The van der Waals surface area contributed by atoms with Crippen LogP contribution in [-0.2, 0) is 0 Å². The van der Waals surface area contributed by atoms with E-state index < -0.39 is 0 Å². The van der Waals surface area contributed by atoms with Gasteiger partial charge in [-0.15, -0.1) is 0 Å². The van der Waals surface area contributed by atoms with Crippen molar-refractivity contribution in [2.75, 3.05) is 6.61 Å². The minimum atomic E-state index is 0.266. The average molecular weight is 188 g/mol. The molecule has 1 nitrogen and oxygen atoms in total. The first-order valence-electron chi connectivity index (χ1n) is 5.40. The van der Waals surface area contributed by atoms with Gasteiger partial charge in [-0.05, 0) is 42.6 Å². The van der Waals surface area contributed by atoms with Crippen molar-refractivity contribution in [1.29, 1.82) is 0 Å². The Morgan fingerprint density at radius 3 is 2.71 bits per heavy atom. The Morgan fingerprint density at radius 1 is 1.36 bits per heavy atom. The second kappa shape index (κ2) is 4.48. The molecule has 0 spiro atoms. The van der Waals surface area contributed by atoms with E-state index in [-0.39, 0.29) is 6.61 Å². The second-order valence-corrected chi connectivity index (χ2v) is 4.10. The van der Waals surface area contributed by atoms with Crippen LogP contribution >= 0.6 is 0 Å². The summed E-state index contributed by atoms with van der Waals surface area (Å²) < 4.78 is 0. The van der Waals surface area contributed by atoms with E-state index in [9.17, 15) is 5.11 Å². The van der Waals surface area contributed by atoms with Gasteiger partial charge in [0, 0.05) is 5.92 Å². The standard InChI is InChI=1S/C13H16O/c14-10-13(12-8-4-5-9-12)11-6-2-1-3-7-11/h2,6-7,12-14H,4-5,8-10H2. The number of hydrogen-bond donors (Lipinski definition) is 1. The van der Waals surface area contributed by atoms with Gasteiger partial charge in [0.2, 0.25) is 0 Å². The van der Waals surface area contributed by atoms with Gasteiger partial charge in [-0.25, -0.2) is 0 Å². The highest BCUT2D eigenvalue weighted by Gasteiger charge is 2.26. The van der Waals surface area contributed by atoms with Crippen molar-refractivity contribution >= 4 is 0 Å². The van der Waals surface area contributed by atoms with E-state index in [1.165, 1.54) is 31.3 Å². The Labute approximate surface area is 85.1 Å². The molecule has 14 heavy (non-hydrogen) atoms. The lowest BCUT2D eigenvalue weighted by Crippen LogP contribution is -2.17. The number of aliphatic hydroxyl groups excluding tert-OH is 1. The fourth-order valence-corrected chi connectivity index (χ4v) is 2.48. The van der Waals surface area contributed by atoms with E-state index in [1.54, 1.807) is 0 Å². The molecule has 1 unspecified atom stereocenters. The molecular weight excluding hydrogens is 172 g/mol. The first-order chi connectivity index (χ1) is 6.92. The normalized spacial score (nSPS) is 22.8. The van der Waals surface area contributed by atoms with Gasteiger partial charge in [0.25, 0.3) is 0 Å². The lowest BCUT2D eigenvalue weighted by Gasteiger charge is -2.22. The summed E-state index contributed by atoms with van der Waals surface area (Å²) in [7, 11) is 0. The van der Waals surface area contributed by atoms with E-state index in [0.29, 0.717) is 11.8 Å². The van der Waals surface area contributed by atoms with Gasteiger partial charge < -0.3 is 5.11 Å². The highest BCUT2D eigenvalue weighted by atomic mass is 16.3. The van der Waals surface area contributed by atoms with Gasteiger partial charge in [-0.1, -0.05) is 24.3 Å². The number of rotatable bonds is 3. The van der Waals surface area contributed by atoms with Gasteiger partial charge in [0.15, 0.2) is 0 Å². The Morgan fingerprint density at radius 2 is 2.14 bits per heavy atom. The van der Waals surface area contributed by atoms with Crippen LogP contribution < -0.4 is 0 Å². The molecule has 0 aromatic rings. The summed E-state index contributed by atoms with van der Waals surface area (Å²) in [5.74, 6) is 0.999. The van der Waals surface area contributed by atoms with Crippen molar-refractivity contribution < 1.29 is 5.11 Å². The SMILES string of the molecule is OCC(C1=CC=C=C=C1)C1CCCC1. The minimum Gasteiger partial charge on any atom is -0.396 e. The Kier molecular flexibility index (Phi) is 3.06. The Hall–Kier alpha value is -1.00. The van der Waals surface area contributed by atoms with Crippen molar-refractivity contribution in [2.45, 2.75) is 25.7 Å². The average Bonchev–Trinajstić information content (AvgIpc) is 2.74. The molecule has 0 amide bonds. The lowest BCUT2D eigenvalue weighted by atomic mass is 9.84. The third-order valence-electron chi connectivity index (χ3n) is 3.27. The van der Waals surface area contributed by atoms with E-state index in [2.05, 4.69) is 17.5 Å². The zero-order chi connectivity index (χ0) is 9.80. The maximum atomic E-state index is 9.42. The first kappa shape index (κ1) is 9.55. The van der Waals surface area contributed by atoms with Gasteiger partial charge in [0.05, 0.1) is 6.61 Å². The van der Waals surface area contributed by atoms with Crippen molar-refractivity contribution in [3.8, 4) is 0 Å². The highest BCUT2D eigenvalue weighted by molar-refractivity contribution is 5.29. The van der Waals surface area contributed by atoms with Crippen LogP contribution in [0.3, 0.4) is 0 Å². The molecule has 2 aliphatic rings. The topological polar surface area (TPSA) is 20.2 Å². The maximum absolute atomic E-state index is 9.42. The van der Waals surface area contributed by atoms with Crippen LogP contribution in [-0.4, -0.2) is 11.7 Å². The molecule has 74 valence electrons. The molecule has 0 aromatic carbocycles. The van der Waals surface area contributed by atoms with Gasteiger partial charge >= 0.3 is 0 Å². The summed E-state index contributed by atoms with van der Waals surface area (Å²) in [4.78, 5) is 0. The predicted octanol–water partition coefficient (Wildman–Crippen LogP) is 2.59. The third-order valence-corrected chi connectivity index (χ3v) is 3.27. The van der Waals surface area contributed by atoms with Crippen LogP contribution in [0, 0.1) is 11.8 Å². The van der Waals surface area contributed by atoms with Crippen molar-refractivity contribution in [1.82, 2.24) is 0 Å². The minimum absolute atomic E-state index is 0.266. The fraction of sp³-hybridized carbons (Fsp3) is 0.538. The molecule has 1 N–H and O–H groups in total. The van der Waals surface area contributed by atoms with Crippen molar-refractivity contribution in [3.05, 3.63) is 35.3 Å². The summed E-state index contributed by atoms with van der Waals surface area (Å²) in [5.41, 5.74) is 7.08. The monoisotopic (exact) mass is 188 g/mol. The van der Waals surface area contributed by atoms with E-state index in [4.69, 9.17) is 0 Å². The van der Waals surface area contributed by atoms with E-state index in [0.717, 1.165) is 0 Å². The molecule has 1 fully saturated rings. The summed E-state index contributed by atoms with van der Waals surface area (Å²) >= 11 is 0. The van der Waals surface area contributed by atoms with Crippen molar-refractivity contribution in [2.24, 2.45) is 11.8 Å². The largest absolute Gasteiger partial charge is 0.396 e. The molecule has 2 aliphatic carbocycles. The second-order valence-electron chi connectivity index (χ2n) is 4.10. The zero-order valence-corrected chi connectivity index (χ0v) is 8.37. The third kappa shape index (κ3) is 1.91. The molecule has 0 bridgehead atoms. The van der Waals surface area contributed by atoms with E-state index >= 15 is 0 Å². The molecule has 0 heterocycles. The molecule has 1 heteroatoms. The molecule has 1 atom stereocenters. The molecule has 0 saturated heterocycles. The van der Waals surface area contributed by atoms with Crippen LogP contribution in [0.2, 0.25) is 0 Å². The smallest absolute Gasteiger partial charge is 0.0502 e. The van der Waals surface area contributed by atoms with Crippen LogP contribution in [0.4, 0.5) is 0 Å². The number of allylic oxidation sites excluding steroid dienone is 3. The van der Waals surface area contributed by atoms with Gasteiger partial charge in [0.1, 0.15) is 0 Å². The molecule has 1 saturated carbocycles. The molecular formula is C13H16O. The molecule has 0 radical (unpaired) electrons. The zero-order valence-electron chi connectivity index (χ0n) is 8.37. The highest BCUT2D eigenvalue weighted by Crippen LogP contribution is 2.35. The lowest BCUT2D eigenvalue weighted by molar-refractivity contribution is 0.203. The summed E-state index contributed by atoms with van der Waals surface area (Å²) in [5, 5.41) is 9.42. The summed E-state index contributed by atoms with van der Waals surface area (Å²) in [6.07, 6.45) is 11.1. The molecule has 2 rings (SSSR count). The number of hydrogen-bond acceptors (Lipinski definition) is 1. The van der Waals surface area contributed by atoms with Crippen LogP contribution in [0.1, 0.15) is 25.7 Å². The van der Waals surface area contributed by atoms with Crippen LogP contribution in [0.25, 0.3) is 0 Å². The van der Waals surface area contributed by atoms with Crippen molar-refractivity contribution in [3.63, 3.8) is 0 Å². The fourth-order valence-electron chi connectivity index (χ4n) is 2.48. The Balaban J connectivity index is 2.09. The van der Waals surface area contributed by atoms with Gasteiger partial charge in [-0.2, -0.15) is 0 Å². The maximum Gasteiger partial charge on any atom is 0.0502 e. The summed E-state index contributed by atoms with van der Waals surface area (Å²) in [6.45, 7) is 0.266. The predicted molar refractivity (Wildman–Crippen MR) is 56.8 cm³/mol. The molecule has 0 aromatic heterocycles. The Bertz CT molecular complexity index is 319. The first-order valence-corrected chi connectivity index (χ1v) is 5.40. The number of aliphatic hydroxyl groups is 1. The van der Waals surface area contributed by atoms with Crippen LogP contribution in [0.5, 0.6) is 0 Å².